The Hall–Kier alpha value is -1.26. The van der Waals surface area contributed by atoms with Crippen LogP contribution in [0.5, 0.6) is 11.5 Å². The predicted molar refractivity (Wildman–Crippen MR) is 79.4 cm³/mol. The quantitative estimate of drug-likeness (QED) is 0.840. The molecule has 1 aliphatic rings. The van der Waals surface area contributed by atoms with E-state index < -0.39 is 6.10 Å². The van der Waals surface area contributed by atoms with Crippen LogP contribution in [0, 0.1) is 0 Å². The number of aliphatic hydroxyl groups is 1. The van der Waals surface area contributed by atoms with Crippen LogP contribution in [0.15, 0.2) is 18.2 Å². The molecule has 2 N–H and O–H groups in total. The van der Waals surface area contributed by atoms with E-state index in [1.54, 1.807) is 14.2 Å². The van der Waals surface area contributed by atoms with E-state index in [0.29, 0.717) is 18.3 Å². The molecule has 1 saturated carbocycles. The Morgan fingerprint density at radius 1 is 1.20 bits per heavy atom. The molecule has 1 fully saturated rings. The van der Waals surface area contributed by atoms with Gasteiger partial charge in [-0.1, -0.05) is 19.3 Å². The van der Waals surface area contributed by atoms with Crippen molar-refractivity contribution in [2.45, 2.75) is 44.2 Å². The van der Waals surface area contributed by atoms with Crippen LogP contribution >= 0.6 is 0 Å². The Bertz CT molecular complexity index is 416. The molecule has 0 spiro atoms. The van der Waals surface area contributed by atoms with Crippen molar-refractivity contribution in [3.63, 3.8) is 0 Å². The predicted octanol–water partition coefficient (Wildman–Crippen LogP) is 2.66. The molecule has 0 amide bonds. The SMILES string of the molecule is COc1ccc(OC)c(C(O)CNC2CCCCC2)c1. The lowest BCUT2D eigenvalue weighted by molar-refractivity contribution is 0.161. The molecule has 1 atom stereocenters. The lowest BCUT2D eigenvalue weighted by Crippen LogP contribution is -2.34. The van der Waals surface area contributed by atoms with Gasteiger partial charge in [0.1, 0.15) is 11.5 Å². The molecule has 0 heterocycles. The van der Waals surface area contributed by atoms with E-state index in [4.69, 9.17) is 9.47 Å². The average molecular weight is 279 g/mol. The molecule has 1 aromatic carbocycles. The number of rotatable bonds is 6. The van der Waals surface area contributed by atoms with Crippen molar-refractivity contribution in [3.05, 3.63) is 23.8 Å². The minimum atomic E-state index is -0.582. The van der Waals surface area contributed by atoms with Crippen LogP contribution < -0.4 is 14.8 Å². The average Bonchev–Trinajstić information content (AvgIpc) is 2.52. The molecule has 1 aromatic rings. The second-order valence-electron chi connectivity index (χ2n) is 5.37. The summed E-state index contributed by atoms with van der Waals surface area (Å²) in [5.74, 6) is 1.43. The standard InChI is InChI=1S/C16H25NO3/c1-19-13-8-9-16(20-2)14(10-13)15(18)11-17-12-6-4-3-5-7-12/h8-10,12,15,17-18H,3-7,11H2,1-2H3. The first-order chi connectivity index (χ1) is 9.74. The van der Waals surface area contributed by atoms with Crippen LogP contribution in [0.1, 0.15) is 43.8 Å². The zero-order chi connectivity index (χ0) is 14.4. The first-order valence-electron chi connectivity index (χ1n) is 7.38. The molecule has 0 radical (unpaired) electrons. The monoisotopic (exact) mass is 279 g/mol. The van der Waals surface area contributed by atoms with Crippen LogP contribution in [0.25, 0.3) is 0 Å². The summed E-state index contributed by atoms with van der Waals surface area (Å²) < 4.78 is 10.5. The van der Waals surface area contributed by atoms with Gasteiger partial charge >= 0.3 is 0 Å². The zero-order valence-electron chi connectivity index (χ0n) is 12.4. The maximum atomic E-state index is 10.4. The van der Waals surface area contributed by atoms with Gasteiger partial charge in [0.25, 0.3) is 0 Å². The molecule has 1 unspecified atom stereocenters. The first-order valence-corrected chi connectivity index (χ1v) is 7.38. The maximum Gasteiger partial charge on any atom is 0.124 e. The zero-order valence-corrected chi connectivity index (χ0v) is 12.4. The molecule has 0 saturated heterocycles. The number of nitrogens with one attached hydrogen (secondary N) is 1. The number of benzene rings is 1. The fraction of sp³-hybridized carbons (Fsp3) is 0.625. The highest BCUT2D eigenvalue weighted by Crippen LogP contribution is 2.29. The van der Waals surface area contributed by atoms with E-state index >= 15 is 0 Å². The summed E-state index contributed by atoms with van der Waals surface area (Å²) in [4.78, 5) is 0. The summed E-state index contributed by atoms with van der Waals surface area (Å²) in [7, 11) is 3.24. The van der Waals surface area contributed by atoms with Crippen LogP contribution in [0.4, 0.5) is 0 Å². The smallest absolute Gasteiger partial charge is 0.124 e. The van der Waals surface area contributed by atoms with Crippen molar-refractivity contribution >= 4 is 0 Å². The summed E-state index contributed by atoms with van der Waals surface area (Å²) >= 11 is 0. The van der Waals surface area contributed by atoms with E-state index in [1.165, 1.54) is 32.1 Å². The number of aliphatic hydroxyl groups excluding tert-OH is 1. The fourth-order valence-electron chi connectivity index (χ4n) is 2.79. The second-order valence-corrected chi connectivity index (χ2v) is 5.37. The molecular formula is C16H25NO3. The highest BCUT2D eigenvalue weighted by Gasteiger charge is 2.18. The third-order valence-electron chi connectivity index (χ3n) is 4.00. The highest BCUT2D eigenvalue weighted by atomic mass is 16.5. The van der Waals surface area contributed by atoms with Gasteiger partial charge in [-0.05, 0) is 31.0 Å². The third kappa shape index (κ3) is 3.87. The maximum absolute atomic E-state index is 10.4. The van der Waals surface area contributed by atoms with E-state index in [9.17, 15) is 5.11 Å². The molecule has 4 heteroatoms. The van der Waals surface area contributed by atoms with E-state index in [0.717, 1.165) is 11.3 Å². The summed E-state index contributed by atoms with van der Waals surface area (Å²) in [6.07, 6.45) is 5.75. The lowest BCUT2D eigenvalue weighted by Gasteiger charge is -2.25. The van der Waals surface area contributed by atoms with Gasteiger partial charge in [0, 0.05) is 18.2 Å². The molecular weight excluding hydrogens is 254 g/mol. The molecule has 20 heavy (non-hydrogen) atoms. The van der Waals surface area contributed by atoms with Crippen molar-refractivity contribution in [3.8, 4) is 11.5 Å². The Morgan fingerprint density at radius 3 is 2.60 bits per heavy atom. The molecule has 0 aromatic heterocycles. The van der Waals surface area contributed by atoms with Crippen molar-refractivity contribution < 1.29 is 14.6 Å². The largest absolute Gasteiger partial charge is 0.497 e. The Labute approximate surface area is 121 Å². The summed E-state index contributed by atoms with van der Waals surface area (Å²) in [5, 5.41) is 13.8. The summed E-state index contributed by atoms with van der Waals surface area (Å²) in [6.45, 7) is 0.550. The molecule has 2 rings (SSSR count). The van der Waals surface area contributed by atoms with Crippen molar-refractivity contribution in [1.82, 2.24) is 5.32 Å². The summed E-state index contributed by atoms with van der Waals surface area (Å²) in [6, 6.07) is 6.04. The van der Waals surface area contributed by atoms with E-state index in [-0.39, 0.29) is 0 Å². The fourth-order valence-corrected chi connectivity index (χ4v) is 2.79. The minimum absolute atomic E-state index is 0.537. The lowest BCUT2D eigenvalue weighted by atomic mass is 9.95. The topological polar surface area (TPSA) is 50.7 Å². The van der Waals surface area contributed by atoms with Crippen molar-refractivity contribution in [2.24, 2.45) is 0 Å². The Kier molecular flexibility index (Phi) is 5.68. The van der Waals surface area contributed by atoms with Crippen molar-refractivity contribution in [1.29, 1.82) is 0 Å². The van der Waals surface area contributed by atoms with Crippen LogP contribution in [-0.4, -0.2) is 31.9 Å². The number of methoxy groups -OCH3 is 2. The number of hydrogen-bond donors (Lipinski definition) is 2. The molecule has 1 aliphatic carbocycles. The molecule has 4 nitrogen and oxygen atoms in total. The van der Waals surface area contributed by atoms with Crippen molar-refractivity contribution in [2.75, 3.05) is 20.8 Å². The Balaban J connectivity index is 1.98. The summed E-state index contributed by atoms with van der Waals surface area (Å²) in [5.41, 5.74) is 0.773. The second kappa shape index (κ2) is 7.50. The van der Waals surface area contributed by atoms with E-state index in [1.807, 2.05) is 18.2 Å². The van der Waals surface area contributed by atoms with Gasteiger partial charge in [-0.25, -0.2) is 0 Å². The molecule has 0 aliphatic heterocycles. The van der Waals surface area contributed by atoms with Gasteiger partial charge in [-0.2, -0.15) is 0 Å². The molecule has 112 valence electrons. The van der Waals surface area contributed by atoms with Crippen LogP contribution in [0.2, 0.25) is 0 Å². The van der Waals surface area contributed by atoms with E-state index in [2.05, 4.69) is 5.32 Å². The normalized spacial score (nSPS) is 17.8. The van der Waals surface area contributed by atoms with Gasteiger partial charge in [-0.3, -0.25) is 0 Å². The van der Waals surface area contributed by atoms with Crippen LogP contribution in [-0.2, 0) is 0 Å². The Morgan fingerprint density at radius 2 is 1.95 bits per heavy atom. The van der Waals surface area contributed by atoms with Gasteiger partial charge < -0.3 is 19.9 Å². The highest BCUT2D eigenvalue weighted by molar-refractivity contribution is 5.41. The minimum Gasteiger partial charge on any atom is -0.497 e. The molecule has 0 bridgehead atoms. The van der Waals surface area contributed by atoms with Gasteiger partial charge in [0.2, 0.25) is 0 Å². The van der Waals surface area contributed by atoms with Gasteiger partial charge in [-0.15, -0.1) is 0 Å². The number of ether oxygens (including phenoxy) is 2. The van der Waals surface area contributed by atoms with Gasteiger partial charge in [0.15, 0.2) is 0 Å². The van der Waals surface area contributed by atoms with Crippen LogP contribution in [0.3, 0.4) is 0 Å². The first kappa shape index (κ1) is 15.1. The number of hydrogen-bond acceptors (Lipinski definition) is 4. The van der Waals surface area contributed by atoms with Gasteiger partial charge in [0.05, 0.1) is 20.3 Å². The third-order valence-corrected chi connectivity index (χ3v) is 4.00.